The number of alkyl halides is 3. The van der Waals surface area contributed by atoms with Gasteiger partial charge in [0, 0.05) is 11.6 Å². The van der Waals surface area contributed by atoms with E-state index in [9.17, 15) is 22.4 Å². The predicted octanol–water partition coefficient (Wildman–Crippen LogP) is 4.23. The molecule has 9 heteroatoms. The molecule has 146 valence electrons. The Kier molecular flexibility index (Phi) is 6.14. The first-order valence-corrected chi connectivity index (χ1v) is 7.73. The second-order valence-electron chi connectivity index (χ2n) is 5.47. The van der Waals surface area contributed by atoms with Gasteiger partial charge in [0.1, 0.15) is 11.6 Å². The first-order valence-electron chi connectivity index (χ1n) is 7.73. The minimum absolute atomic E-state index is 0.0789. The van der Waals surface area contributed by atoms with Crippen molar-refractivity contribution in [2.75, 3.05) is 14.2 Å². The van der Waals surface area contributed by atoms with Gasteiger partial charge in [-0.3, -0.25) is 4.79 Å². The number of methoxy groups -OCH3 is 2. The van der Waals surface area contributed by atoms with Gasteiger partial charge < -0.3 is 19.5 Å². The van der Waals surface area contributed by atoms with E-state index in [0.29, 0.717) is 0 Å². The topological polar surface area (TPSA) is 56.8 Å². The van der Waals surface area contributed by atoms with Crippen molar-refractivity contribution in [1.29, 1.82) is 0 Å². The van der Waals surface area contributed by atoms with Crippen LogP contribution in [0.1, 0.15) is 28.9 Å². The first kappa shape index (κ1) is 20.3. The summed E-state index contributed by atoms with van der Waals surface area (Å²) >= 11 is 0. The molecule has 27 heavy (non-hydrogen) atoms. The molecular weight excluding hydrogens is 370 g/mol. The second kappa shape index (κ2) is 8.15. The third kappa shape index (κ3) is 5.02. The molecule has 0 fully saturated rings. The number of ether oxygens (including phenoxy) is 3. The Morgan fingerprint density at radius 1 is 1.04 bits per heavy atom. The van der Waals surface area contributed by atoms with Gasteiger partial charge in [-0.1, -0.05) is 12.1 Å². The van der Waals surface area contributed by atoms with Gasteiger partial charge in [-0.05, 0) is 25.1 Å². The van der Waals surface area contributed by atoms with E-state index in [1.807, 2.05) is 0 Å². The molecule has 0 aliphatic carbocycles. The van der Waals surface area contributed by atoms with Crippen LogP contribution in [-0.2, 0) is 0 Å². The van der Waals surface area contributed by atoms with Gasteiger partial charge in [0.2, 0.25) is 0 Å². The standard InChI is InChI=1S/C18H17F4NO4/c1-10(12-8-15(25-2)16(26-3)9-13(12)19)23-17(24)11-6-4-5-7-14(11)27-18(20,21)22/h4-10H,1-3H3,(H,23,24). The van der Waals surface area contributed by atoms with Crippen LogP contribution in [0.2, 0.25) is 0 Å². The summed E-state index contributed by atoms with van der Waals surface area (Å²) < 4.78 is 65.7. The first-order chi connectivity index (χ1) is 12.7. The van der Waals surface area contributed by atoms with Gasteiger partial charge in [-0.2, -0.15) is 0 Å². The zero-order valence-corrected chi connectivity index (χ0v) is 14.7. The quantitative estimate of drug-likeness (QED) is 0.754. The molecule has 0 saturated heterocycles. The van der Waals surface area contributed by atoms with E-state index < -0.39 is 29.9 Å². The summed E-state index contributed by atoms with van der Waals surface area (Å²) in [5.41, 5.74) is -0.252. The van der Waals surface area contributed by atoms with Crippen molar-refractivity contribution < 1.29 is 36.6 Å². The molecule has 1 N–H and O–H groups in total. The highest BCUT2D eigenvalue weighted by atomic mass is 19.4. The Hall–Kier alpha value is -2.97. The number of amides is 1. The number of halogens is 4. The fraction of sp³-hybridized carbons (Fsp3) is 0.278. The minimum atomic E-state index is -4.95. The monoisotopic (exact) mass is 387 g/mol. The molecule has 5 nitrogen and oxygen atoms in total. The predicted molar refractivity (Wildman–Crippen MR) is 88.5 cm³/mol. The normalized spacial score (nSPS) is 12.3. The maximum atomic E-state index is 14.3. The highest BCUT2D eigenvalue weighted by Crippen LogP contribution is 2.33. The Morgan fingerprint density at radius 3 is 2.22 bits per heavy atom. The smallest absolute Gasteiger partial charge is 0.493 e. The average Bonchev–Trinajstić information content (AvgIpc) is 2.60. The van der Waals surface area contributed by atoms with Crippen molar-refractivity contribution >= 4 is 5.91 Å². The SMILES string of the molecule is COc1cc(F)c(C(C)NC(=O)c2ccccc2OC(F)(F)F)cc1OC. The number of carbonyl (C=O) groups is 1. The molecular formula is C18H17F4NO4. The van der Waals surface area contributed by atoms with Crippen LogP contribution in [0, 0.1) is 5.82 Å². The Labute approximate surface area is 152 Å². The molecule has 0 aliphatic rings. The Morgan fingerprint density at radius 2 is 1.63 bits per heavy atom. The number of para-hydroxylation sites is 1. The maximum absolute atomic E-state index is 14.3. The van der Waals surface area contributed by atoms with Crippen LogP contribution in [0.25, 0.3) is 0 Å². The van der Waals surface area contributed by atoms with Gasteiger partial charge >= 0.3 is 6.36 Å². The summed E-state index contributed by atoms with van der Waals surface area (Å²) in [6.45, 7) is 1.48. The van der Waals surface area contributed by atoms with Crippen molar-refractivity contribution in [3.8, 4) is 17.2 Å². The van der Waals surface area contributed by atoms with Crippen LogP contribution in [0.4, 0.5) is 17.6 Å². The average molecular weight is 387 g/mol. The number of nitrogens with one attached hydrogen (secondary N) is 1. The van der Waals surface area contributed by atoms with Gasteiger partial charge in [0.05, 0.1) is 25.8 Å². The van der Waals surface area contributed by atoms with Crippen molar-refractivity contribution in [1.82, 2.24) is 5.32 Å². The van der Waals surface area contributed by atoms with E-state index in [-0.39, 0.29) is 22.6 Å². The zero-order valence-electron chi connectivity index (χ0n) is 14.7. The van der Waals surface area contributed by atoms with Crippen molar-refractivity contribution in [2.45, 2.75) is 19.3 Å². The summed E-state index contributed by atoms with van der Waals surface area (Å²) in [7, 11) is 2.72. The molecule has 0 bridgehead atoms. The summed E-state index contributed by atoms with van der Waals surface area (Å²) in [6.07, 6.45) is -4.95. The molecule has 0 saturated carbocycles. The Bertz CT molecular complexity index is 823. The summed E-state index contributed by atoms with van der Waals surface area (Å²) in [4.78, 5) is 12.4. The fourth-order valence-corrected chi connectivity index (χ4v) is 2.42. The van der Waals surface area contributed by atoms with Gasteiger partial charge in [0.25, 0.3) is 5.91 Å². The van der Waals surface area contributed by atoms with Crippen LogP contribution in [-0.4, -0.2) is 26.5 Å². The van der Waals surface area contributed by atoms with Crippen LogP contribution in [0.5, 0.6) is 17.2 Å². The van der Waals surface area contributed by atoms with Crippen LogP contribution < -0.4 is 19.5 Å². The van der Waals surface area contributed by atoms with Crippen molar-refractivity contribution in [2.24, 2.45) is 0 Å². The lowest BCUT2D eigenvalue weighted by molar-refractivity contribution is -0.274. The number of hydrogen-bond acceptors (Lipinski definition) is 4. The lowest BCUT2D eigenvalue weighted by atomic mass is 10.1. The van der Waals surface area contributed by atoms with Gasteiger partial charge in [-0.25, -0.2) is 4.39 Å². The molecule has 2 aromatic carbocycles. The van der Waals surface area contributed by atoms with Crippen molar-refractivity contribution in [3.05, 3.63) is 53.3 Å². The third-order valence-corrected chi connectivity index (χ3v) is 3.67. The van der Waals surface area contributed by atoms with E-state index in [0.717, 1.165) is 12.1 Å². The van der Waals surface area contributed by atoms with Crippen LogP contribution in [0.3, 0.4) is 0 Å². The third-order valence-electron chi connectivity index (χ3n) is 3.67. The number of benzene rings is 2. The van der Waals surface area contributed by atoms with Crippen LogP contribution in [0.15, 0.2) is 36.4 Å². The molecule has 0 radical (unpaired) electrons. The minimum Gasteiger partial charge on any atom is -0.493 e. The van der Waals surface area contributed by atoms with Gasteiger partial charge in [-0.15, -0.1) is 13.2 Å². The summed E-state index contributed by atoms with van der Waals surface area (Å²) in [6, 6.07) is 6.46. The molecule has 1 unspecified atom stereocenters. The van der Waals surface area contributed by atoms with E-state index in [1.54, 1.807) is 0 Å². The molecule has 0 spiro atoms. The number of carbonyl (C=O) groups excluding carboxylic acids is 1. The van der Waals surface area contributed by atoms with Gasteiger partial charge in [0.15, 0.2) is 11.5 Å². The molecule has 1 amide bonds. The second-order valence-corrected chi connectivity index (χ2v) is 5.47. The summed E-state index contributed by atoms with van der Waals surface area (Å²) in [5, 5.41) is 2.45. The van der Waals surface area contributed by atoms with E-state index >= 15 is 0 Å². The van der Waals surface area contributed by atoms with E-state index in [4.69, 9.17) is 9.47 Å². The fourth-order valence-electron chi connectivity index (χ4n) is 2.42. The molecule has 0 aliphatic heterocycles. The lowest BCUT2D eigenvalue weighted by Crippen LogP contribution is -2.28. The van der Waals surface area contributed by atoms with E-state index in [1.165, 1.54) is 45.4 Å². The molecule has 0 aromatic heterocycles. The van der Waals surface area contributed by atoms with Crippen molar-refractivity contribution in [3.63, 3.8) is 0 Å². The van der Waals surface area contributed by atoms with E-state index in [2.05, 4.69) is 10.1 Å². The molecule has 1 atom stereocenters. The Balaban J connectivity index is 2.27. The lowest BCUT2D eigenvalue weighted by Gasteiger charge is -2.19. The number of rotatable bonds is 6. The summed E-state index contributed by atoms with van der Waals surface area (Å²) in [5.74, 6) is -1.75. The molecule has 2 rings (SSSR count). The largest absolute Gasteiger partial charge is 0.573 e. The molecule has 0 heterocycles. The highest BCUT2D eigenvalue weighted by Gasteiger charge is 2.33. The maximum Gasteiger partial charge on any atom is 0.573 e. The van der Waals surface area contributed by atoms with Crippen LogP contribution >= 0.6 is 0 Å². The zero-order chi connectivity index (χ0) is 20.2. The highest BCUT2D eigenvalue weighted by molar-refractivity contribution is 5.97. The number of hydrogen-bond donors (Lipinski definition) is 1. The molecule has 2 aromatic rings.